The van der Waals surface area contributed by atoms with Crippen molar-refractivity contribution in [2.45, 2.75) is 12.5 Å². The summed E-state index contributed by atoms with van der Waals surface area (Å²) in [6.45, 7) is 1.68. The van der Waals surface area contributed by atoms with Gasteiger partial charge in [0.05, 0.1) is 5.54 Å². The first-order valence-electron chi connectivity index (χ1n) is 4.70. The van der Waals surface area contributed by atoms with Gasteiger partial charge in [0.15, 0.2) is 5.69 Å². The molecular weight excluding hydrogens is 269 g/mol. The molecule has 0 fully saturated rings. The molecule has 6 nitrogen and oxygen atoms in total. The molecule has 94 valence electrons. The molecule has 0 aliphatic rings. The maximum atomic E-state index is 11.7. The van der Waals surface area contributed by atoms with Crippen molar-refractivity contribution in [2.24, 2.45) is 0 Å². The number of alkyl halides is 2. The van der Waals surface area contributed by atoms with E-state index < -0.39 is 16.4 Å². The van der Waals surface area contributed by atoms with Gasteiger partial charge in [-0.05, 0) is 17.9 Å². The summed E-state index contributed by atoms with van der Waals surface area (Å²) in [4.78, 5) is 23.9. The Morgan fingerprint density at radius 2 is 2.12 bits per heavy atom. The van der Waals surface area contributed by atoms with Gasteiger partial charge >= 0.3 is 5.82 Å². The summed E-state index contributed by atoms with van der Waals surface area (Å²) in [6.07, 6.45) is 0. The molecule has 0 saturated heterocycles. The molecule has 1 amide bonds. The van der Waals surface area contributed by atoms with Gasteiger partial charge in [-0.25, -0.2) is 4.98 Å². The zero-order chi connectivity index (χ0) is 13.1. The van der Waals surface area contributed by atoms with Crippen LogP contribution in [-0.4, -0.2) is 33.1 Å². The second-order valence-electron chi connectivity index (χ2n) is 3.80. The fourth-order valence-corrected chi connectivity index (χ4v) is 1.49. The molecule has 2 N–H and O–H groups in total. The van der Waals surface area contributed by atoms with Crippen molar-refractivity contribution in [1.82, 2.24) is 10.3 Å². The highest BCUT2D eigenvalue weighted by molar-refractivity contribution is 6.22. The molecule has 1 aromatic heterocycles. The van der Waals surface area contributed by atoms with E-state index in [0.717, 1.165) is 0 Å². The number of hydrogen-bond acceptors (Lipinski definition) is 3. The summed E-state index contributed by atoms with van der Waals surface area (Å²) >= 11 is 11.4. The Kier molecular flexibility index (Phi) is 4.36. The highest BCUT2D eigenvalue weighted by Crippen LogP contribution is 2.13. The molecule has 0 saturated carbocycles. The van der Waals surface area contributed by atoms with Crippen LogP contribution in [0.4, 0.5) is 5.82 Å². The maximum absolute atomic E-state index is 11.7. The van der Waals surface area contributed by atoms with Gasteiger partial charge in [-0.2, -0.15) is 0 Å². The van der Waals surface area contributed by atoms with E-state index in [1.807, 2.05) is 0 Å². The number of carbonyl (C=O) groups excluding carboxylic acids is 1. The number of aromatic nitrogens is 1. The number of rotatable bonds is 5. The number of nitrogens with zero attached hydrogens (tertiary/aromatic N) is 1. The van der Waals surface area contributed by atoms with Gasteiger partial charge in [0, 0.05) is 17.8 Å². The van der Waals surface area contributed by atoms with E-state index in [4.69, 9.17) is 23.2 Å². The summed E-state index contributed by atoms with van der Waals surface area (Å²) in [5.41, 5.74) is -0.654. The largest absolute Gasteiger partial charge is 0.358 e. The van der Waals surface area contributed by atoms with Crippen LogP contribution in [0.5, 0.6) is 0 Å². The first-order valence-corrected chi connectivity index (χ1v) is 5.76. The van der Waals surface area contributed by atoms with E-state index in [9.17, 15) is 14.9 Å². The summed E-state index contributed by atoms with van der Waals surface area (Å²) < 4.78 is 0. The van der Waals surface area contributed by atoms with Crippen molar-refractivity contribution in [3.63, 3.8) is 0 Å². The molecule has 1 aromatic rings. The van der Waals surface area contributed by atoms with Crippen LogP contribution in [0.3, 0.4) is 0 Å². The Labute approximate surface area is 107 Å². The van der Waals surface area contributed by atoms with Crippen molar-refractivity contribution in [1.29, 1.82) is 0 Å². The molecule has 0 unspecified atom stereocenters. The van der Waals surface area contributed by atoms with Crippen LogP contribution in [-0.2, 0) is 0 Å². The smallest absolute Gasteiger partial charge is 0.321 e. The van der Waals surface area contributed by atoms with E-state index in [-0.39, 0.29) is 23.3 Å². The SMILES string of the molecule is CC(CCl)(CCl)NC(=O)c1ccc([N+](=O)[O-])[nH]1. The van der Waals surface area contributed by atoms with Gasteiger partial charge in [-0.1, -0.05) is 0 Å². The molecule has 1 heterocycles. The third-order valence-electron chi connectivity index (χ3n) is 2.12. The number of nitrogens with one attached hydrogen (secondary N) is 2. The third kappa shape index (κ3) is 3.34. The average Bonchev–Trinajstić information content (AvgIpc) is 2.78. The molecule has 0 radical (unpaired) electrons. The molecule has 0 bridgehead atoms. The van der Waals surface area contributed by atoms with Gasteiger partial charge in [0.1, 0.15) is 0 Å². The number of halogens is 2. The van der Waals surface area contributed by atoms with E-state index >= 15 is 0 Å². The van der Waals surface area contributed by atoms with Crippen molar-refractivity contribution >= 4 is 34.9 Å². The Morgan fingerprint density at radius 1 is 1.53 bits per heavy atom. The highest BCUT2D eigenvalue weighted by Gasteiger charge is 2.27. The van der Waals surface area contributed by atoms with E-state index in [2.05, 4.69) is 10.3 Å². The molecular formula is C9H11Cl2N3O3. The number of aromatic amines is 1. The predicted molar refractivity (Wildman–Crippen MR) is 64.8 cm³/mol. The molecule has 8 heteroatoms. The maximum Gasteiger partial charge on any atom is 0.321 e. The standard InChI is InChI=1S/C9H11Cl2N3O3/c1-9(4-10,5-11)13-8(15)6-2-3-7(12-6)14(16)17/h2-3,12H,4-5H2,1H3,(H,13,15). The molecule has 0 atom stereocenters. The fraction of sp³-hybridized carbons (Fsp3) is 0.444. The monoisotopic (exact) mass is 279 g/mol. The van der Waals surface area contributed by atoms with Crippen LogP contribution in [0.2, 0.25) is 0 Å². The average molecular weight is 280 g/mol. The minimum atomic E-state index is -0.750. The number of nitro groups is 1. The molecule has 17 heavy (non-hydrogen) atoms. The Bertz CT molecular complexity index is 429. The van der Waals surface area contributed by atoms with Crippen LogP contribution in [0, 0.1) is 10.1 Å². The van der Waals surface area contributed by atoms with Crippen LogP contribution in [0.15, 0.2) is 12.1 Å². The first-order chi connectivity index (χ1) is 7.91. The van der Waals surface area contributed by atoms with Crippen LogP contribution >= 0.6 is 23.2 Å². The summed E-state index contributed by atoms with van der Waals surface area (Å²) in [5, 5.41) is 13.0. The minimum absolute atomic E-state index is 0.0955. The first kappa shape index (κ1) is 13.8. The van der Waals surface area contributed by atoms with Gasteiger partial charge < -0.3 is 15.4 Å². The minimum Gasteiger partial charge on any atom is -0.358 e. The highest BCUT2D eigenvalue weighted by atomic mass is 35.5. The van der Waals surface area contributed by atoms with Crippen molar-refractivity contribution in [3.8, 4) is 0 Å². The van der Waals surface area contributed by atoms with Gasteiger partial charge in [-0.15, -0.1) is 23.2 Å². The molecule has 1 rings (SSSR count). The van der Waals surface area contributed by atoms with Crippen LogP contribution < -0.4 is 5.32 Å². The topological polar surface area (TPSA) is 88.0 Å². The zero-order valence-corrected chi connectivity index (χ0v) is 10.5. The van der Waals surface area contributed by atoms with Gasteiger partial charge in [-0.3, -0.25) is 4.79 Å². The van der Waals surface area contributed by atoms with Crippen molar-refractivity contribution < 1.29 is 9.72 Å². The third-order valence-corrected chi connectivity index (χ3v) is 3.30. The molecule has 0 aromatic carbocycles. The lowest BCUT2D eigenvalue weighted by molar-refractivity contribution is -0.389. The Hall–Kier alpha value is -1.27. The zero-order valence-electron chi connectivity index (χ0n) is 9.00. The van der Waals surface area contributed by atoms with E-state index in [1.54, 1.807) is 6.92 Å². The second kappa shape index (κ2) is 5.37. The molecule has 0 spiro atoms. The predicted octanol–water partition coefficient (Wildman–Crippen LogP) is 1.89. The lowest BCUT2D eigenvalue weighted by Crippen LogP contribution is -2.49. The van der Waals surface area contributed by atoms with Crippen LogP contribution in [0.1, 0.15) is 17.4 Å². The summed E-state index contributed by atoms with van der Waals surface area (Å²) in [5.74, 6) is -0.439. The quantitative estimate of drug-likeness (QED) is 0.490. The number of H-pyrrole nitrogens is 1. The number of amides is 1. The Morgan fingerprint density at radius 3 is 2.53 bits per heavy atom. The summed E-state index contributed by atoms with van der Waals surface area (Å²) in [7, 11) is 0. The van der Waals surface area contributed by atoms with E-state index in [1.165, 1.54) is 12.1 Å². The van der Waals surface area contributed by atoms with E-state index in [0.29, 0.717) is 0 Å². The van der Waals surface area contributed by atoms with Crippen molar-refractivity contribution in [2.75, 3.05) is 11.8 Å². The molecule has 0 aliphatic heterocycles. The number of carbonyl (C=O) groups is 1. The van der Waals surface area contributed by atoms with Crippen LogP contribution in [0.25, 0.3) is 0 Å². The second-order valence-corrected chi connectivity index (χ2v) is 4.33. The van der Waals surface area contributed by atoms with Gasteiger partial charge in [0.25, 0.3) is 5.91 Å². The molecule has 0 aliphatic carbocycles. The number of hydrogen-bond donors (Lipinski definition) is 2. The normalized spacial score (nSPS) is 11.2. The Balaban J connectivity index is 2.79. The summed E-state index contributed by atoms with van der Waals surface area (Å²) in [6, 6.07) is 2.55. The van der Waals surface area contributed by atoms with Crippen molar-refractivity contribution in [3.05, 3.63) is 27.9 Å². The van der Waals surface area contributed by atoms with Gasteiger partial charge in [0.2, 0.25) is 0 Å². The fourth-order valence-electron chi connectivity index (χ4n) is 1.07. The lowest BCUT2D eigenvalue weighted by atomic mass is 10.1. The lowest BCUT2D eigenvalue weighted by Gasteiger charge is -2.24.